The number of ether oxygens (including phenoxy) is 1. The van der Waals surface area contributed by atoms with Crippen LogP contribution in [0.4, 0.5) is 5.82 Å². The Morgan fingerprint density at radius 1 is 1.24 bits per heavy atom. The first kappa shape index (κ1) is 14.1. The number of fused-ring (bicyclic) bond motifs is 1. The Bertz CT molecular complexity index is 745. The van der Waals surface area contributed by atoms with Gasteiger partial charge < -0.3 is 10.1 Å². The molecule has 0 saturated heterocycles. The third kappa shape index (κ3) is 3.43. The maximum atomic E-state index is 5.95. The molecule has 0 amide bonds. The minimum absolute atomic E-state index is 0.260. The van der Waals surface area contributed by atoms with Crippen molar-refractivity contribution in [3.05, 3.63) is 46.6 Å². The zero-order valence-electron chi connectivity index (χ0n) is 11.5. The van der Waals surface area contributed by atoms with Crippen LogP contribution in [0.2, 0.25) is 5.28 Å². The average molecular weight is 320 g/mol. The second kappa shape index (κ2) is 6.28. The number of nitrogens with zero attached hydrogens (tertiary/aromatic N) is 2. The number of para-hydroxylation sites is 1. The Hall–Kier alpha value is -1.85. The summed E-state index contributed by atoms with van der Waals surface area (Å²) >= 11 is 7.56. The number of halogens is 1. The fourth-order valence-electron chi connectivity index (χ4n) is 2.01. The summed E-state index contributed by atoms with van der Waals surface area (Å²) in [5.41, 5.74) is 0. The predicted octanol–water partition coefficient (Wildman–Crippen LogP) is 4.14. The van der Waals surface area contributed by atoms with Crippen LogP contribution < -0.4 is 10.1 Å². The molecule has 0 atom stereocenters. The lowest BCUT2D eigenvalue weighted by Crippen LogP contribution is -2.12. The summed E-state index contributed by atoms with van der Waals surface area (Å²) in [5, 5.41) is 4.52. The van der Waals surface area contributed by atoms with Gasteiger partial charge >= 0.3 is 0 Å². The highest BCUT2D eigenvalue weighted by molar-refractivity contribution is 7.18. The van der Waals surface area contributed by atoms with Gasteiger partial charge in [-0.2, -0.15) is 0 Å². The van der Waals surface area contributed by atoms with Crippen molar-refractivity contribution in [2.24, 2.45) is 0 Å². The molecule has 2 heterocycles. The lowest BCUT2D eigenvalue weighted by Gasteiger charge is -2.08. The van der Waals surface area contributed by atoms with Gasteiger partial charge in [0.05, 0.1) is 11.9 Å². The molecule has 3 rings (SSSR count). The fraction of sp³-hybridized carbons (Fsp3) is 0.200. The molecule has 0 aliphatic carbocycles. The number of thiophene rings is 1. The van der Waals surface area contributed by atoms with Crippen molar-refractivity contribution in [3.63, 3.8) is 0 Å². The molecule has 21 heavy (non-hydrogen) atoms. The van der Waals surface area contributed by atoms with Gasteiger partial charge in [0.1, 0.15) is 23.0 Å². The molecule has 0 fully saturated rings. The molecule has 0 aliphatic heterocycles. The summed E-state index contributed by atoms with van der Waals surface area (Å²) in [4.78, 5) is 10.6. The van der Waals surface area contributed by atoms with Gasteiger partial charge in [0.25, 0.3) is 0 Å². The first-order valence-corrected chi connectivity index (χ1v) is 7.77. The van der Waals surface area contributed by atoms with Crippen LogP contribution in [0.5, 0.6) is 5.75 Å². The predicted molar refractivity (Wildman–Crippen MR) is 87.6 cm³/mol. The summed E-state index contributed by atoms with van der Waals surface area (Å²) in [6.45, 7) is 3.24. The standard InChI is InChI=1S/C15H14ClN3OS/c1-10-9-12-13(18-15(16)19-14(12)21-10)17-7-8-20-11-5-3-2-4-6-11/h2-6,9H,7-8H2,1H3,(H,17,18,19). The molecule has 0 spiro atoms. The maximum absolute atomic E-state index is 5.95. The lowest BCUT2D eigenvalue weighted by atomic mass is 10.3. The molecule has 0 unspecified atom stereocenters. The van der Waals surface area contributed by atoms with Gasteiger partial charge in [-0.25, -0.2) is 9.97 Å². The highest BCUT2D eigenvalue weighted by Gasteiger charge is 2.09. The molecule has 6 heteroatoms. The maximum Gasteiger partial charge on any atom is 0.225 e. The molecule has 1 N–H and O–H groups in total. The van der Waals surface area contributed by atoms with E-state index in [0.29, 0.717) is 13.2 Å². The molecule has 4 nitrogen and oxygen atoms in total. The quantitative estimate of drug-likeness (QED) is 0.567. The molecule has 1 aromatic carbocycles. The van der Waals surface area contributed by atoms with Gasteiger partial charge in [-0.15, -0.1) is 11.3 Å². The average Bonchev–Trinajstić information content (AvgIpc) is 2.84. The number of aromatic nitrogens is 2. The number of anilines is 1. The van der Waals surface area contributed by atoms with Crippen molar-refractivity contribution >= 4 is 39.0 Å². The van der Waals surface area contributed by atoms with E-state index in [2.05, 4.69) is 21.4 Å². The Labute approximate surface area is 131 Å². The van der Waals surface area contributed by atoms with E-state index in [1.54, 1.807) is 11.3 Å². The van der Waals surface area contributed by atoms with Gasteiger partial charge in [0.15, 0.2) is 0 Å². The monoisotopic (exact) mass is 319 g/mol. The van der Waals surface area contributed by atoms with Crippen molar-refractivity contribution in [3.8, 4) is 5.75 Å². The first-order chi connectivity index (χ1) is 10.2. The largest absolute Gasteiger partial charge is 0.492 e. The highest BCUT2D eigenvalue weighted by Crippen LogP contribution is 2.29. The molecule has 108 valence electrons. The minimum Gasteiger partial charge on any atom is -0.492 e. The van der Waals surface area contributed by atoms with Crippen LogP contribution in [-0.2, 0) is 0 Å². The molecular formula is C15H14ClN3OS. The van der Waals surface area contributed by atoms with Crippen LogP contribution in [0.15, 0.2) is 36.4 Å². The molecule has 0 bridgehead atoms. The third-order valence-electron chi connectivity index (χ3n) is 2.90. The van der Waals surface area contributed by atoms with Crippen LogP contribution in [0.3, 0.4) is 0 Å². The second-order valence-electron chi connectivity index (χ2n) is 4.51. The SMILES string of the molecule is Cc1cc2c(NCCOc3ccccc3)nc(Cl)nc2s1. The topological polar surface area (TPSA) is 47.0 Å². The molecule has 3 aromatic rings. The van der Waals surface area contributed by atoms with Crippen molar-refractivity contribution < 1.29 is 4.74 Å². The summed E-state index contributed by atoms with van der Waals surface area (Å²) in [7, 11) is 0. The molecule has 2 aromatic heterocycles. The van der Waals surface area contributed by atoms with Crippen molar-refractivity contribution in [1.82, 2.24) is 9.97 Å². The molecule has 0 saturated carbocycles. The van der Waals surface area contributed by atoms with E-state index in [4.69, 9.17) is 16.3 Å². The van der Waals surface area contributed by atoms with Gasteiger partial charge in [-0.3, -0.25) is 0 Å². The Morgan fingerprint density at radius 3 is 2.86 bits per heavy atom. The van der Waals surface area contributed by atoms with E-state index in [-0.39, 0.29) is 5.28 Å². The van der Waals surface area contributed by atoms with Crippen molar-refractivity contribution in [2.75, 3.05) is 18.5 Å². The van der Waals surface area contributed by atoms with Gasteiger partial charge in [-0.1, -0.05) is 18.2 Å². The number of nitrogens with one attached hydrogen (secondary N) is 1. The van der Waals surface area contributed by atoms with Crippen LogP contribution >= 0.6 is 22.9 Å². The summed E-state index contributed by atoms with van der Waals surface area (Å²) in [6, 6.07) is 11.8. The Balaban J connectivity index is 1.65. The van der Waals surface area contributed by atoms with E-state index in [1.807, 2.05) is 37.3 Å². The zero-order valence-corrected chi connectivity index (χ0v) is 13.0. The van der Waals surface area contributed by atoms with Gasteiger partial charge in [0, 0.05) is 4.88 Å². The van der Waals surface area contributed by atoms with E-state index in [0.717, 1.165) is 21.8 Å². The first-order valence-electron chi connectivity index (χ1n) is 6.58. The summed E-state index contributed by atoms with van der Waals surface area (Å²) < 4.78 is 5.64. The van der Waals surface area contributed by atoms with E-state index in [1.165, 1.54) is 4.88 Å². The summed E-state index contributed by atoms with van der Waals surface area (Å²) in [5.74, 6) is 1.61. The third-order valence-corrected chi connectivity index (χ3v) is 4.01. The van der Waals surface area contributed by atoms with E-state index < -0.39 is 0 Å². The van der Waals surface area contributed by atoms with Crippen LogP contribution in [0.25, 0.3) is 10.2 Å². The summed E-state index contributed by atoms with van der Waals surface area (Å²) in [6.07, 6.45) is 0. The van der Waals surface area contributed by atoms with Crippen LogP contribution in [0.1, 0.15) is 4.88 Å². The van der Waals surface area contributed by atoms with E-state index in [9.17, 15) is 0 Å². The fourth-order valence-corrected chi connectivity index (χ4v) is 3.10. The van der Waals surface area contributed by atoms with Gasteiger partial charge in [-0.05, 0) is 36.7 Å². The number of aryl methyl sites for hydroxylation is 1. The Kier molecular flexibility index (Phi) is 4.22. The highest BCUT2D eigenvalue weighted by atomic mass is 35.5. The normalized spacial score (nSPS) is 10.8. The second-order valence-corrected chi connectivity index (χ2v) is 6.08. The van der Waals surface area contributed by atoms with E-state index >= 15 is 0 Å². The lowest BCUT2D eigenvalue weighted by molar-refractivity contribution is 0.333. The smallest absolute Gasteiger partial charge is 0.225 e. The molecule has 0 aliphatic rings. The van der Waals surface area contributed by atoms with Crippen LogP contribution in [-0.4, -0.2) is 23.1 Å². The Morgan fingerprint density at radius 2 is 2.05 bits per heavy atom. The minimum atomic E-state index is 0.260. The zero-order chi connectivity index (χ0) is 14.7. The number of hydrogen-bond donors (Lipinski definition) is 1. The van der Waals surface area contributed by atoms with Crippen molar-refractivity contribution in [1.29, 1.82) is 0 Å². The van der Waals surface area contributed by atoms with Gasteiger partial charge in [0.2, 0.25) is 5.28 Å². The molecular weight excluding hydrogens is 306 g/mol. The number of rotatable bonds is 5. The number of hydrogen-bond acceptors (Lipinski definition) is 5. The number of benzene rings is 1. The van der Waals surface area contributed by atoms with Crippen LogP contribution in [0, 0.1) is 6.92 Å². The van der Waals surface area contributed by atoms with Crippen molar-refractivity contribution in [2.45, 2.75) is 6.92 Å². The molecule has 0 radical (unpaired) electrons.